The second kappa shape index (κ2) is 19.8. The lowest BCUT2D eigenvalue weighted by Crippen LogP contribution is -2.48. The highest BCUT2D eigenvalue weighted by atomic mass is 16.5. The van der Waals surface area contributed by atoms with E-state index in [1.165, 1.54) is 0 Å². The standard InChI is InChI=1S/C58H57N9O3/c1-6-64(7-2)43-25-29-48-54(35-43)70-55-36-44(65(8-3)9-4)26-30-49(55)58(48)47-16-11-10-15-46(47)57(68)67(58)56-18-14-17-52(61-56)53-39-66(63-62-53)33-12-13-34-69-45-27-22-41(23-28-45)20-21-42-24-32-51(60-38-42)50-31-19-40(5)37-59-50/h10-11,14-32,35-39H,6-9,12-13,33-34H2,1-5H3/b21-20+. The number of aromatic nitrogens is 6. The first kappa shape index (κ1) is 45.7. The van der Waals surface area contributed by atoms with Crippen LogP contribution in [0.1, 0.15) is 84.3 Å². The number of carbonyl (C=O) groups excluding carboxylic acids is 1. The van der Waals surface area contributed by atoms with E-state index in [0.29, 0.717) is 47.4 Å². The summed E-state index contributed by atoms with van der Waals surface area (Å²) >= 11 is 0. The third kappa shape index (κ3) is 8.65. The van der Waals surface area contributed by atoms with Crippen molar-refractivity contribution in [1.29, 1.82) is 0 Å². The monoisotopic (exact) mass is 927 g/mol. The van der Waals surface area contributed by atoms with E-state index in [0.717, 1.165) is 101 Å². The summed E-state index contributed by atoms with van der Waals surface area (Å²) in [5, 5.41) is 9.03. The lowest BCUT2D eigenvalue weighted by atomic mass is 9.74. The number of anilines is 3. The van der Waals surface area contributed by atoms with Crippen LogP contribution in [0.5, 0.6) is 17.2 Å². The normalized spacial score (nSPS) is 13.3. The molecule has 0 bridgehead atoms. The SMILES string of the molecule is CCN(CC)c1ccc2c(c1)Oc1cc(N(CC)CC)ccc1C21c2ccccc2C(=O)N1c1cccc(-c2cn(CCCCOc3ccc(/C=C/c4ccc(-c5ccc(C)cn5)nc4)cc3)nn2)n1. The van der Waals surface area contributed by atoms with E-state index in [1.54, 1.807) is 0 Å². The molecule has 2 aliphatic rings. The molecule has 0 saturated heterocycles. The van der Waals surface area contributed by atoms with Gasteiger partial charge >= 0.3 is 0 Å². The predicted octanol–water partition coefficient (Wildman–Crippen LogP) is 11.9. The van der Waals surface area contributed by atoms with Crippen LogP contribution in [-0.2, 0) is 12.1 Å². The zero-order chi connectivity index (χ0) is 48.2. The molecule has 0 radical (unpaired) electrons. The molecule has 352 valence electrons. The molecular formula is C58H57N9O3. The quantitative estimate of drug-likeness (QED) is 0.0818. The summed E-state index contributed by atoms with van der Waals surface area (Å²) in [6.45, 7) is 15.3. The van der Waals surface area contributed by atoms with Crippen LogP contribution in [0.2, 0.25) is 0 Å². The molecule has 0 unspecified atom stereocenters. The molecule has 6 heterocycles. The number of amides is 1. The van der Waals surface area contributed by atoms with Crippen molar-refractivity contribution < 1.29 is 14.3 Å². The maximum atomic E-state index is 15.1. The summed E-state index contributed by atoms with van der Waals surface area (Å²) in [6, 6.07) is 42.7. The third-order valence-corrected chi connectivity index (χ3v) is 13.4. The van der Waals surface area contributed by atoms with Gasteiger partial charge in [-0.25, -0.2) is 4.98 Å². The molecule has 70 heavy (non-hydrogen) atoms. The number of ether oxygens (including phenoxy) is 2. The van der Waals surface area contributed by atoms with Crippen LogP contribution < -0.4 is 24.2 Å². The predicted molar refractivity (Wildman–Crippen MR) is 279 cm³/mol. The highest BCUT2D eigenvalue weighted by Gasteiger charge is 2.57. The van der Waals surface area contributed by atoms with Gasteiger partial charge in [0.1, 0.15) is 34.3 Å². The maximum absolute atomic E-state index is 15.1. The van der Waals surface area contributed by atoms with Gasteiger partial charge in [0.2, 0.25) is 0 Å². The van der Waals surface area contributed by atoms with Crippen LogP contribution in [0.4, 0.5) is 17.2 Å². The molecule has 0 N–H and O–H groups in total. The lowest BCUT2D eigenvalue weighted by molar-refractivity contribution is 0.0985. The van der Waals surface area contributed by atoms with Crippen LogP contribution >= 0.6 is 0 Å². The van der Waals surface area contributed by atoms with E-state index in [4.69, 9.17) is 14.5 Å². The number of aryl methyl sites for hydroxylation is 2. The summed E-state index contributed by atoms with van der Waals surface area (Å²) in [5.74, 6) is 2.62. The van der Waals surface area contributed by atoms with Gasteiger partial charge in [-0.05, 0) is 119 Å². The average Bonchev–Trinajstić information content (AvgIpc) is 3.98. The molecule has 0 atom stereocenters. The van der Waals surface area contributed by atoms with Gasteiger partial charge in [0.25, 0.3) is 5.91 Å². The van der Waals surface area contributed by atoms with Crippen molar-refractivity contribution in [1.82, 2.24) is 29.9 Å². The molecule has 0 aliphatic carbocycles. The Balaban J connectivity index is 0.840. The molecule has 4 aromatic carbocycles. The number of benzene rings is 4. The van der Waals surface area contributed by atoms with Crippen LogP contribution in [0.25, 0.3) is 34.9 Å². The average molecular weight is 928 g/mol. The molecule has 10 rings (SSSR count). The van der Waals surface area contributed by atoms with Crippen molar-refractivity contribution >= 4 is 35.3 Å². The molecule has 0 saturated carbocycles. The zero-order valence-electron chi connectivity index (χ0n) is 40.4. The minimum Gasteiger partial charge on any atom is -0.494 e. The second-order valence-corrected chi connectivity index (χ2v) is 17.6. The van der Waals surface area contributed by atoms with Crippen molar-refractivity contribution in [2.45, 2.75) is 59.5 Å². The lowest BCUT2D eigenvalue weighted by Gasteiger charge is -2.44. The third-order valence-electron chi connectivity index (χ3n) is 13.4. The van der Waals surface area contributed by atoms with Gasteiger partial charge in [0.15, 0.2) is 0 Å². The van der Waals surface area contributed by atoms with Crippen molar-refractivity contribution in [2.75, 3.05) is 47.5 Å². The summed E-state index contributed by atoms with van der Waals surface area (Å²) in [4.78, 5) is 35.8. The number of pyridine rings is 3. The molecule has 12 heteroatoms. The molecule has 8 aromatic rings. The van der Waals surface area contributed by atoms with Crippen molar-refractivity contribution in [3.8, 4) is 40.0 Å². The number of hydrogen-bond donors (Lipinski definition) is 0. The minimum absolute atomic E-state index is 0.134. The topological polar surface area (TPSA) is 115 Å². The molecule has 1 spiro atoms. The van der Waals surface area contributed by atoms with Crippen LogP contribution in [0.15, 0.2) is 146 Å². The Bertz CT molecular complexity index is 3100. The van der Waals surface area contributed by atoms with E-state index >= 15 is 4.79 Å². The molecular weight excluding hydrogens is 871 g/mol. The summed E-state index contributed by atoms with van der Waals surface area (Å²) in [5.41, 5.74) is 10.5. The van der Waals surface area contributed by atoms with Gasteiger partial charge in [-0.1, -0.05) is 78.0 Å². The number of nitrogens with zero attached hydrogens (tertiary/aromatic N) is 9. The van der Waals surface area contributed by atoms with E-state index in [-0.39, 0.29) is 5.91 Å². The van der Waals surface area contributed by atoms with Gasteiger partial charge in [0.05, 0.1) is 29.9 Å². The van der Waals surface area contributed by atoms with Crippen LogP contribution in [-0.4, -0.2) is 68.6 Å². The van der Waals surface area contributed by atoms with E-state index in [9.17, 15) is 0 Å². The molecule has 4 aromatic heterocycles. The van der Waals surface area contributed by atoms with Crippen molar-refractivity contribution in [2.24, 2.45) is 0 Å². The summed E-state index contributed by atoms with van der Waals surface area (Å²) in [6.07, 6.45) is 11.4. The maximum Gasteiger partial charge on any atom is 0.261 e. The Morgan fingerprint density at radius 2 is 1.30 bits per heavy atom. The highest BCUT2D eigenvalue weighted by Crippen LogP contribution is 2.59. The van der Waals surface area contributed by atoms with Gasteiger partial charge in [-0.2, -0.15) is 0 Å². The van der Waals surface area contributed by atoms with Crippen molar-refractivity contribution in [3.63, 3.8) is 0 Å². The van der Waals surface area contributed by atoms with Crippen molar-refractivity contribution in [3.05, 3.63) is 185 Å². The van der Waals surface area contributed by atoms with Crippen LogP contribution in [0, 0.1) is 6.92 Å². The zero-order valence-corrected chi connectivity index (χ0v) is 40.4. The fourth-order valence-corrected chi connectivity index (χ4v) is 9.73. The second-order valence-electron chi connectivity index (χ2n) is 17.6. The van der Waals surface area contributed by atoms with E-state index < -0.39 is 5.54 Å². The Kier molecular flexibility index (Phi) is 12.9. The number of fused-ring (bicyclic) bond motifs is 6. The summed E-state index contributed by atoms with van der Waals surface area (Å²) < 4.78 is 14.9. The smallest absolute Gasteiger partial charge is 0.261 e. The van der Waals surface area contributed by atoms with Gasteiger partial charge in [-0.3, -0.25) is 24.3 Å². The first-order chi connectivity index (χ1) is 34.3. The number of hydrogen-bond acceptors (Lipinski definition) is 10. The number of rotatable bonds is 17. The molecule has 1 amide bonds. The molecule has 2 aliphatic heterocycles. The Morgan fingerprint density at radius 1 is 0.643 bits per heavy atom. The summed E-state index contributed by atoms with van der Waals surface area (Å²) in [7, 11) is 0. The number of carbonyl (C=O) groups is 1. The minimum atomic E-state index is -1.07. The first-order valence-electron chi connectivity index (χ1n) is 24.4. The van der Waals surface area contributed by atoms with Gasteiger partial charge < -0.3 is 19.3 Å². The Morgan fingerprint density at radius 3 is 1.96 bits per heavy atom. The number of unbranched alkanes of at least 4 members (excludes halogenated alkanes) is 1. The Hall–Kier alpha value is -8.12. The molecule has 12 nitrogen and oxygen atoms in total. The van der Waals surface area contributed by atoms with Gasteiger partial charge in [0, 0.05) is 90.9 Å². The fourth-order valence-electron chi connectivity index (χ4n) is 9.73. The fraction of sp³-hybridized carbons (Fsp3) is 0.241. The van der Waals surface area contributed by atoms with Crippen LogP contribution in [0.3, 0.4) is 0 Å². The highest BCUT2D eigenvalue weighted by molar-refractivity contribution is 6.14. The first-order valence-corrected chi connectivity index (χ1v) is 24.4. The largest absolute Gasteiger partial charge is 0.494 e. The molecule has 0 fully saturated rings. The van der Waals surface area contributed by atoms with E-state index in [2.05, 4.69) is 131 Å². The Labute approximate surface area is 409 Å². The van der Waals surface area contributed by atoms with Gasteiger partial charge in [-0.15, -0.1) is 5.10 Å². The van der Waals surface area contributed by atoms with E-state index in [1.807, 2.05) is 102 Å².